The quantitative estimate of drug-likeness (QED) is 0.631. The Bertz CT molecular complexity index is 473. The molecule has 0 saturated carbocycles. The minimum Gasteiger partial charge on any atom is -0.287 e. The summed E-state index contributed by atoms with van der Waals surface area (Å²) in [5, 5.41) is 1.59. The molecule has 3 heteroatoms. The molecule has 1 heterocycles. The van der Waals surface area contributed by atoms with Crippen LogP contribution >= 0.6 is 11.6 Å². The van der Waals surface area contributed by atoms with Crippen LogP contribution in [0.2, 0.25) is 5.02 Å². The molecule has 2 aromatic rings. The highest BCUT2D eigenvalue weighted by Gasteiger charge is 2.05. The number of aromatic nitrogens is 1. The van der Waals surface area contributed by atoms with Crippen LogP contribution in [-0.4, -0.2) is 10.5 Å². The maximum Gasteiger partial charge on any atom is 0.227 e. The van der Waals surface area contributed by atoms with Crippen LogP contribution < -0.4 is 0 Å². The molecular weight excluding hydrogens is 186 g/mol. The summed E-state index contributed by atoms with van der Waals surface area (Å²) < 4.78 is 1.58. The van der Waals surface area contributed by atoms with Gasteiger partial charge in [0.1, 0.15) is 0 Å². The number of carbonyl (C=O) groups is 1. The molecule has 0 N–H and O–H groups in total. The first kappa shape index (κ1) is 8.32. The second kappa shape index (κ2) is 2.89. The molecule has 0 saturated heterocycles. The highest BCUT2D eigenvalue weighted by molar-refractivity contribution is 6.35. The van der Waals surface area contributed by atoms with Crippen molar-refractivity contribution in [3.05, 3.63) is 35.5 Å². The minimum absolute atomic E-state index is 0.00253. The average molecular weight is 194 g/mol. The lowest BCUT2D eigenvalue weighted by molar-refractivity contribution is 0.0941. The number of nitrogens with zero attached hydrogens (tertiary/aromatic N) is 1. The van der Waals surface area contributed by atoms with Crippen molar-refractivity contribution >= 4 is 28.4 Å². The third-order valence-corrected chi connectivity index (χ3v) is 2.35. The number of hydrogen-bond acceptors (Lipinski definition) is 1. The van der Waals surface area contributed by atoms with Gasteiger partial charge in [-0.25, -0.2) is 0 Å². The number of fused-ring (bicyclic) bond motifs is 1. The lowest BCUT2D eigenvalue weighted by atomic mass is 10.2. The van der Waals surface area contributed by atoms with Crippen molar-refractivity contribution in [1.29, 1.82) is 0 Å². The summed E-state index contributed by atoms with van der Waals surface area (Å²) >= 11 is 5.95. The lowest BCUT2D eigenvalue weighted by Gasteiger charge is -1.98. The molecular formula is C10H8ClNO. The van der Waals surface area contributed by atoms with E-state index < -0.39 is 0 Å². The summed E-state index contributed by atoms with van der Waals surface area (Å²) in [6, 6.07) is 7.38. The Kier molecular flexibility index (Phi) is 1.85. The van der Waals surface area contributed by atoms with Gasteiger partial charge in [0.15, 0.2) is 0 Å². The monoisotopic (exact) mass is 193 g/mol. The van der Waals surface area contributed by atoms with E-state index in [2.05, 4.69) is 0 Å². The molecule has 0 aliphatic heterocycles. The summed E-state index contributed by atoms with van der Waals surface area (Å²) in [6.45, 7) is 1.53. The van der Waals surface area contributed by atoms with Crippen LogP contribution in [0.15, 0.2) is 30.5 Å². The molecule has 2 rings (SSSR count). The molecule has 66 valence electrons. The normalized spacial score (nSPS) is 10.6. The van der Waals surface area contributed by atoms with E-state index in [1.54, 1.807) is 10.8 Å². The fourth-order valence-corrected chi connectivity index (χ4v) is 1.64. The number of benzene rings is 1. The third-order valence-electron chi connectivity index (χ3n) is 2.02. The van der Waals surface area contributed by atoms with Gasteiger partial charge in [0.2, 0.25) is 5.91 Å². The molecule has 13 heavy (non-hydrogen) atoms. The summed E-state index contributed by atoms with van der Waals surface area (Å²) in [4.78, 5) is 11.2. The first-order valence-corrected chi connectivity index (χ1v) is 4.34. The van der Waals surface area contributed by atoms with E-state index in [9.17, 15) is 4.79 Å². The van der Waals surface area contributed by atoms with Crippen molar-refractivity contribution in [1.82, 2.24) is 4.57 Å². The zero-order chi connectivity index (χ0) is 9.42. The fourth-order valence-electron chi connectivity index (χ4n) is 1.40. The maximum atomic E-state index is 11.2. The predicted octanol–water partition coefficient (Wildman–Crippen LogP) is 2.95. The van der Waals surface area contributed by atoms with E-state index >= 15 is 0 Å². The van der Waals surface area contributed by atoms with Crippen molar-refractivity contribution < 1.29 is 4.79 Å². The Hall–Kier alpha value is -1.28. The number of halogens is 1. The van der Waals surface area contributed by atoms with Crippen molar-refractivity contribution in [2.75, 3.05) is 0 Å². The summed E-state index contributed by atoms with van der Waals surface area (Å²) in [7, 11) is 0. The van der Waals surface area contributed by atoms with Gasteiger partial charge in [-0.1, -0.05) is 17.7 Å². The summed E-state index contributed by atoms with van der Waals surface area (Å²) in [5.74, 6) is -0.00253. The number of rotatable bonds is 0. The number of carbonyl (C=O) groups excluding carboxylic acids is 1. The van der Waals surface area contributed by atoms with Gasteiger partial charge in [0.05, 0.1) is 5.52 Å². The van der Waals surface area contributed by atoms with Crippen LogP contribution in [0.5, 0.6) is 0 Å². The van der Waals surface area contributed by atoms with E-state index in [4.69, 9.17) is 11.6 Å². The van der Waals surface area contributed by atoms with Crippen molar-refractivity contribution in [2.24, 2.45) is 0 Å². The second-order valence-corrected chi connectivity index (χ2v) is 3.28. The summed E-state index contributed by atoms with van der Waals surface area (Å²) in [6.07, 6.45) is 1.74. The van der Waals surface area contributed by atoms with Crippen molar-refractivity contribution in [3.8, 4) is 0 Å². The Labute approximate surface area is 80.7 Å². The Morgan fingerprint density at radius 2 is 2.15 bits per heavy atom. The van der Waals surface area contributed by atoms with Crippen LogP contribution in [0, 0.1) is 0 Å². The third kappa shape index (κ3) is 1.23. The summed E-state index contributed by atoms with van der Waals surface area (Å²) in [5.41, 5.74) is 0.861. The second-order valence-electron chi connectivity index (χ2n) is 2.88. The topological polar surface area (TPSA) is 22.0 Å². The van der Waals surface area contributed by atoms with Gasteiger partial charge in [-0.2, -0.15) is 0 Å². The van der Waals surface area contributed by atoms with Gasteiger partial charge in [-0.05, 0) is 18.2 Å². The van der Waals surface area contributed by atoms with E-state index in [-0.39, 0.29) is 5.91 Å². The van der Waals surface area contributed by atoms with Crippen LogP contribution in [0.4, 0.5) is 0 Å². The molecule has 0 atom stereocenters. The van der Waals surface area contributed by atoms with Gasteiger partial charge < -0.3 is 0 Å². The lowest BCUT2D eigenvalue weighted by Crippen LogP contribution is -2.02. The van der Waals surface area contributed by atoms with Gasteiger partial charge in [0, 0.05) is 23.5 Å². The Morgan fingerprint density at radius 1 is 1.38 bits per heavy atom. The molecule has 1 aromatic carbocycles. The molecule has 0 unspecified atom stereocenters. The number of hydrogen-bond donors (Lipinski definition) is 0. The first-order chi connectivity index (χ1) is 6.20. The van der Waals surface area contributed by atoms with Gasteiger partial charge in [-0.3, -0.25) is 9.36 Å². The van der Waals surface area contributed by atoms with E-state index in [1.807, 2.05) is 24.3 Å². The molecule has 0 fully saturated rings. The van der Waals surface area contributed by atoms with Crippen molar-refractivity contribution in [3.63, 3.8) is 0 Å². The average Bonchev–Trinajstić information content (AvgIpc) is 2.48. The molecule has 0 aliphatic carbocycles. The Morgan fingerprint density at radius 3 is 2.85 bits per heavy atom. The highest BCUT2D eigenvalue weighted by atomic mass is 35.5. The zero-order valence-electron chi connectivity index (χ0n) is 7.12. The highest BCUT2D eigenvalue weighted by Crippen LogP contribution is 2.23. The van der Waals surface area contributed by atoms with Crippen LogP contribution in [-0.2, 0) is 0 Å². The van der Waals surface area contributed by atoms with Gasteiger partial charge in [0.25, 0.3) is 0 Å². The maximum absolute atomic E-state index is 11.2. The zero-order valence-corrected chi connectivity index (χ0v) is 7.88. The molecule has 0 amide bonds. The van der Waals surface area contributed by atoms with E-state index in [1.165, 1.54) is 6.92 Å². The standard InChI is InChI=1S/C10H8ClNO/c1-7(13)12-6-5-8-9(11)3-2-4-10(8)12/h2-6H,1H3. The van der Waals surface area contributed by atoms with Crippen LogP contribution in [0.3, 0.4) is 0 Å². The molecule has 0 spiro atoms. The molecule has 0 bridgehead atoms. The largest absolute Gasteiger partial charge is 0.287 e. The minimum atomic E-state index is -0.00253. The molecule has 2 nitrogen and oxygen atoms in total. The molecule has 1 aromatic heterocycles. The van der Waals surface area contributed by atoms with Crippen molar-refractivity contribution in [2.45, 2.75) is 6.92 Å². The van der Waals surface area contributed by atoms with E-state index in [0.717, 1.165) is 10.9 Å². The SMILES string of the molecule is CC(=O)n1ccc2c(Cl)cccc21. The van der Waals surface area contributed by atoms with E-state index in [0.29, 0.717) is 5.02 Å². The molecule has 0 radical (unpaired) electrons. The first-order valence-electron chi connectivity index (χ1n) is 3.96. The van der Waals surface area contributed by atoms with Gasteiger partial charge >= 0.3 is 0 Å². The van der Waals surface area contributed by atoms with Gasteiger partial charge in [-0.15, -0.1) is 0 Å². The van der Waals surface area contributed by atoms with Crippen LogP contribution in [0.1, 0.15) is 11.7 Å². The fraction of sp³-hybridized carbons (Fsp3) is 0.100. The smallest absolute Gasteiger partial charge is 0.227 e. The predicted molar refractivity (Wildman–Crippen MR) is 53.2 cm³/mol. The molecule has 0 aliphatic rings. The van der Waals surface area contributed by atoms with Crippen LogP contribution in [0.25, 0.3) is 10.9 Å². The Balaban J connectivity index is 2.83.